The largest absolute Gasteiger partial charge is 0.457 e. The van der Waals surface area contributed by atoms with Crippen molar-refractivity contribution >= 4 is 37.5 Å². The monoisotopic (exact) mass is 372 g/mol. The summed E-state index contributed by atoms with van der Waals surface area (Å²) in [6.45, 7) is 1.68. The minimum Gasteiger partial charge on any atom is -0.457 e. The number of amides is 1. The van der Waals surface area contributed by atoms with Gasteiger partial charge in [-0.15, -0.1) is 0 Å². The fourth-order valence-electron chi connectivity index (χ4n) is 1.73. The topological polar surface area (TPSA) is 88.4 Å². The number of aryl methyl sites for hydroxylation is 1. The van der Waals surface area contributed by atoms with E-state index in [2.05, 4.69) is 26.0 Å². The molecule has 0 saturated carbocycles. The lowest BCUT2D eigenvalue weighted by Gasteiger charge is -2.10. The number of benzene rings is 1. The van der Waals surface area contributed by atoms with Gasteiger partial charge in [0.05, 0.1) is 16.7 Å². The molecule has 6 nitrogen and oxygen atoms in total. The fraction of sp³-hybridized carbons (Fsp3) is 0.154. The van der Waals surface area contributed by atoms with Gasteiger partial charge < -0.3 is 9.73 Å². The van der Waals surface area contributed by atoms with Crippen LogP contribution >= 0.6 is 15.9 Å². The van der Waals surface area contributed by atoms with Gasteiger partial charge in [-0.3, -0.25) is 4.79 Å². The van der Waals surface area contributed by atoms with E-state index in [1.165, 1.54) is 25.4 Å². The van der Waals surface area contributed by atoms with E-state index in [1.807, 2.05) is 0 Å². The molecule has 1 heterocycles. The highest BCUT2D eigenvalue weighted by Gasteiger charge is 2.17. The summed E-state index contributed by atoms with van der Waals surface area (Å²) in [4.78, 5) is 12.2. The Hall–Kier alpha value is -1.64. The summed E-state index contributed by atoms with van der Waals surface area (Å²) in [5.74, 6) is -0.396. The summed E-state index contributed by atoms with van der Waals surface area (Å²) in [7, 11) is -2.24. The smallest absolute Gasteiger partial charge is 0.260 e. The summed E-state index contributed by atoms with van der Waals surface area (Å²) >= 11 is 3.12. The van der Waals surface area contributed by atoms with Gasteiger partial charge in [-0.2, -0.15) is 0 Å². The van der Waals surface area contributed by atoms with E-state index in [-0.39, 0.29) is 4.90 Å². The normalized spacial score (nSPS) is 11.4. The van der Waals surface area contributed by atoms with Crippen LogP contribution in [0.4, 0.5) is 5.69 Å². The fourth-order valence-corrected chi connectivity index (χ4v) is 3.15. The lowest BCUT2D eigenvalue weighted by molar-refractivity contribution is 0.102. The van der Waals surface area contributed by atoms with Crippen molar-refractivity contribution in [3.8, 4) is 0 Å². The van der Waals surface area contributed by atoms with Gasteiger partial charge in [-0.1, -0.05) is 6.07 Å². The standard InChI is InChI=1S/C13H13BrN2O4S/c1-8-3-4-9(7-11(8)21(18,19)15-2)16-13(17)10-5-6-20-12(10)14/h3-7,15H,1-2H3,(H,16,17). The van der Waals surface area contributed by atoms with Crippen LogP contribution in [-0.4, -0.2) is 21.4 Å². The van der Waals surface area contributed by atoms with Crippen molar-refractivity contribution in [1.29, 1.82) is 0 Å². The molecule has 8 heteroatoms. The number of anilines is 1. The van der Waals surface area contributed by atoms with E-state index in [0.717, 1.165) is 0 Å². The molecule has 0 fully saturated rings. The maximum Gasteiger partial charge on any atom is 0.260 e. The van der Waals surface area contributed by atoms with Gasteiger partial charge in [0, 0.05) is 5.69 Å². The van der Waals surface area contributed by atoms with E-state index in [0.29, 0.717) is 21.5 Å². The molecule has 0 aliphatic heterocycles. The second-order valence-electron chi connectivity index (χ2n) is 4.25. The Morgan fingerprint density at radius 1 is 1.29 bits per heavy atom. The average molecular weight is 373 g/mol. The quantitative estimate of drug-likeness (QED) is 0.862. The molecule has 1 amide bonds. The number of nitrogens with one attached hydrogen (secondary N) is 2. The number of rotatable bonds is 4. The van der Waals surface area contributed by atoms with E-state index >= 15 is 0 Å². The van der Waals surface area contributed by atoms with E-state index < -0.39 is 15.9 Å². The Labute approximate surface area is 130 Å². The molecule has 0 atom stereocenters. The Morgan fingerprint density at radius 2 is 2.00 bits per heavy atom. The van der Waals surface area contributed by atoms with Gasteiger partial charge in [0.25, 0.3) is 5.91 Å². The van der Waals surface area contributed by atoms with Gasteiger partial charge in [0.1, 0.15) is 0 Å². The van der Waals surface area contributed by atoms with Crippen molar-refractivity contribution in [2.24, 2.45) is 0 Å². The molecule has 112 valence electrons. The minimum atomic E-state index is -3.58. The second-order valence-corrected chi connectivity index (χ2v) is 6.83. The van der Waals surface area contributed by atoms with Crippen LogP contribution in [0.2, 0.25) is 0 Å². The summed E-state index contributed by atoms with van der Waals surface area (Å²) in [5, 5.41) is 2.63. The summed E-state index contributed by atoms with van der Waals surface area (Å²) < 4.78 is 31.3. The predicted octanol–water partition coefficient (Wildman–Crippen LogP) is 2.51. The first-order valence-electron chi connectivity index (χ1n) is 5.93. The molecular formula is C13H13BrN2O4S. The SMILES string of the molecule is CNS(=O)(=O)c1cc(NC(=O)c2ccoc2Br)ccc1C. The molecule has 2 N–H and O–H groups in total. The number of sulfonamides is 1. The van der Waals surface area contributed by atoms with Crippen molar-refractivity contribution in [3.63, 3.8) is 0 Å². The second kappa shape index (κ2) is 6.00. The number of furan rings is 1. The van der Waals surface area contributed by atoms with Crippen molar-refractivity contribution in [2.45, 2.75) is 11.8 Å². The molecule has 0 saturated heterocycles. The lowest BCUT2D eigenvalue weighted by atomic mass is 10.2. The molecule has 2 rings (SSSR count). The molecular weight excluding hydrogens is 360 g/mol. The molecule has 2 aromatic rings. The number of hydrogen-bond acceptors (Lipinski definition) is 4. The average Bonchev–Trinajstić information content (AvgIpc) is 2.87. The van der Waals surface area contributed by atoms with Crippen molar-refractivity contribution in [1.82, 2.24) is 4.72 Å². The van der Waals surface area contributed by atoms with Crippen molar-refractivity contribution < 1.29 is 17.6 Å². The van der Waals surface area contributed by atoms with Gasteiger partial charge in [0.2, 0.25) is 10.0 Å². The third-order valence-corrected chi connectivity index (χ3v) is 5.04. The Bertz CT molecular complexity index is 783. The first kappa shape index (κ1) is 15.7. The highest BCUT2D eigenvalue weighted by molar-refractivity contribution is 9.10. The van der Waals surface area contributed by atoms with Gasteiger partial charge >= 0.3 is 0 Å². The summed E-state index contributed by atoms with van der Waals surface area (Å²) in [5.41, 5.74) is 1.30. The first-order valence-corrected chi connectivity index (χ1v) is 8.21. The Balaban J connectivity index is 2.33. The number of carbonyl (C=O) groups is 1. The van der Waals surface area contributed by atoms with Crippen LogP contribution in [0.3, 0.4) is 0 Å². The third-order valence-electron chi connectivity index (χ3n) is 2.87. The maximum absolute atomic E-state index is 12.0. The van der Waals surface area contributed by atoms with Gasteiger partial charge in [-0.05, 0) is 53.7 Å². The summed E-state index contributed by atoms with van der Waals surface area (Å²) in [6, 6.07) is 6.19. The maximum atomic E-state index is 12.0. The summed E-state index contributed by atoms with van der Waals surface area (Å²) in [6.07, 6.45) is 1.38. The van der Waals surface area contributed by atoms with Crippen molar-refractivity contribution in [3.05, 3.63) is 46.3 Å². The number of carbonyl (C=O) groups excluding carboxylic acids is 1. The van der Waals surface area contributed by atoms with Crippen LogP contribution in [-0.2, 0) is 10.0 Å². The lowest BCUT2D eigenvalue weighted by Crippen LogP contribution is -2.20. The Morgan fingerprint density at radius 3 is 2.57 bits per heavy atom. The molecule has 1 aromatic heterocycles. The van der Waals surface area contributed by atoms with E-state index in [4.69, 9.17) is 4.42 Å². The molecule has 21 heavy (non-hydrogen) atoms. The van der Waals surface area contributed by atoms with Crippen LogP contribution in [0.1, 0.15) is 15.9 Å². The van der Waals surface area contributed by atoms with Crippen LogP contribution in [0.15, 0.2) is 44.5 Å². The van der Waals surface area contributed by atoms with E-state index in [9.17, 15) is 13.2 Å². The van der Waals surface area contributed by atoms with Gasteiger partial charge in [0.15, 0.2) is 4.67 Å². The third kappa shape index (κ3) is 3.34. The van der Waals surface area contributed by atoms with Gasteiger partial charge in [-0.25, -0.2) is 13.1 Å². The van der Waals surface area contributed by atoms with Crippen LogP contribution in [0.5, 0.6) is 0 Å². The molecule has 0 spiro atoms. The first-order chi connectivity index (χ1) is 9.85. The van der Waals surface area contributed by atoms with Crippen LogP contribution in [0, 0.1) is 6.92 Å². The zero-order valence-corrected chi connectivity index (χ0v) is 13.7. The Kier molecular flexibility index (Phi) is 4.50. The zero-order valence-electron chi connectivity index (χ0n) is 11.3. The predicted molar refractivity (Wildman–Crippen MR) is 81.8 cm³/mol. The van der Waals surface area contributed by atoms with Crippen LogP contribution in [0.25, 0.3) is 0 Å². The molecule has 0 bridgehead atoms. The van der Waals surface area contributed by atoms with E-state index in [1.54, 1.807) is 19.1 Å². The zero-order chi connectivity index (χ0) is 15.6. The highest BCUT2D eigenvalue weighted by atomic mass is 79.9. The molecule has 0 aliphatic carbocycles. The minimum absolute atomic E-state index is 0.119. The number of hydrogen-bond donors (Lipinski definition) is 2. The molecule has 1 aromatic carbocycles. The molecule has 0 aliphatic rings. The van der Waals surface area contributed by atoms with Crippen LogP contribution < -0.4 is 10.0 Å². The highest BCUT2D eigenvalue weighted by Crippen LogP contribution is 2.22. The molecule has 0 radical (unpaired) electrons. The molecule has 0 unspecified atom stereocenters. The number of halogens is 1. The van der Waals surface area contributed by atoms with Crippen molar-refractivity contribution in [2.75, 3.05) is 12.4 Å².